The molecule has 0 bridgehead atoms. The summed E-state index contributed by atoms with van der Waals surface area (Å²) in [7, 11) is 1.58. The first kappa shape index (κ1) is 13.6. The summed E-state index contributed by atoms with van der Waals surface area (Å²) in [5.74, 6) is -2.10. The van der Waals surface area contributed by atoms with Crippen LogP contribution < -0.4 is 5.32 Å². The zero-order valence-corrected chi connectivity index (χ0v) is 9.22. The van der Waals surface area contributed by atoms with Gasteiger partial charge in [-0.1, -0.05) is 6.07 Å². The second-order valence-corrected chi connectivity index (χ2v) is 3.61. The van der Waals surface area contributed by atoms with Gasteiger partial charge in [0.2, 0.25) is 0 Å². The summed E-state index contributed by atoms with van der Waals surface area (Å²) in [5, 5.41) is 30.4. The molecular formula is C11H14FNO4. The molecule has 1 rings (SSSR count). The van der Waals surface area contributed by atoms with Crippen molar-refractivity contribution in [1.82, 2.24) is 5.32 Å². The highest BCUT2D eigenvalue weighted by atomic mass is 19.1. The molecule has 5 nitrogen and oxygen atoms in total. The van der Waals surface area contributed by atoms with Gasteiger partial charge in [0.25, 0.3) is 0 Å². The van der Waals surface area contributed by atoms with E-state index >= 15 is 0 Å². The number of halogens is 1. The number of aromatic carboxylic acids is 1. The van der Waals surface area contributed by atoms with E-state index in [0.29, 0.717) is 0 Å². The van der Waals surface area contributed by atoms with Gasteiger partial charge in [-0.2, -0.15) is 0 Å². The lowest BCUT2D eigenvalue weighted by Crippen LogP contribution is -2.30. The third-order valence-electron chi connectivity index (χ3n) is 2.34. The number of carboxylic acids is 1. The highest BCUT2D eigenvalue weighted by Crippen LogP contribution is 2.21. The molecule has 4 N–H and O–H groups in total. The first-order chi connectivity index (χ1) is 7.97. The standard InChI is InChI=1S/C11H14FNO4/c1-13-5-9(14)10(15)7-3-2-6(11(16)17)4-8(7)12/h2-4,9-10,13-15H,5H2,1H3,(H,16,17). The number of benzene rings is 1. The largest absolute Gasteiger partial charge is 0.478 e. The van der Waals surface area contributed by atoms with Crippen molar-refractivity contribution in [3.05, 3.63) is 35.1 Å². The summed E-state index contributed by atoms with van der Waals surface area (Å²) in [4.78, 5) is 10.6. The molecule has 0 aliphatic heterocycles. The van der Waals surface area contributed by atoms with E-state index in [1.807, 2.05) is 0 Å². The van der Waals surface area contributed by atoms with Gasteiger partial charge < -0.3 is 20.6 Å². The predicted octanol–water partition coefficient (Wildman–Crippen LogP) is 0.138. The van der Waals surface area contributed by atoms with Crippen LogP contribution in [0.3, 0.4) is 0 Å². The maximum atomic E-state index is 13.5. The Balaban J connectivity index is 2.95. The molecule has 0 aromatic heterocycles. The molecule has 2 unspecified atom stereocenters. The quantitative estimate of drug-likeness (QED) is 0.590. The van der Waals surface area contributed by atoms with Gasteiger partial charge in [0.15, 0.2) is 0 Å². The van der Waals surface area contributed by atoms with E-state index in [-0.39, 0.29) is 17.7 Å². The number of carboxylic acid groups (broad SMARTS) is 1. The molecule has 0 aliphatic carbocycles. The molecule has 0 fully saturated rings. The minimum Gasteiger partial charge on any atom is -0.478 e. The van der Waals surface area contributed by atoms with Crippen LogP contribution in [0.15, 0.2) is 18.2 Å². The number of nitrogens with one attached hydrogen (secondary N) is 1. The van der Waals surface area contributed by atoms with Crippen LogP contribution in [0.2, 0.25) is 0 Å². The fourth-order valence-corrected chi connectivity index (χ4v) is 1.43. The van der Waals surface area contributed by atoms with Crippen LogP contribution in [-0.2, 0) is 0 Å². The topological polar surface area (TPSA) is 89.8 Å². The molecule has 2 atom stereocenters. The first-order valence-corrected chi connectivity index (χ1v) is 5.00. The van der Waals surface area contributed by atoms with Crippen LogP contribution in [0.1, 0.15) is 22.0 Å². The molecule has 0 saturated carbocycles. The summed E-state index contributed by atoms with van der Waals surface area (Å²) < 4.78 is 13.5. The molecule has 1 aromatic rings. The molecule has 6 heteroatoms. The van der Waals surface area contributed by atoms with Crippen LogP contribution >= 0.6 is 0 Å². The van der Waals surface area contributed by atoms with Crippen LogP contribution in [0, 0.1) is 5.82 Å². The van der Waals surface area contributed by atoms with Crippen molar-refractivity contribution >= 4 is 5.97 Å². The summed E-state index contributed by atoms with van der Waals surface area (Å²) in [6.45, 7) is 0.0985. The number of aliphatic hydroxyl groups is 2. The predicted molar refractivity (Wildman–Crippen MR) is 58.3 cm³/mol. The Hall–Kier alpha value is -1.50. The number of likely N-dealkylation sites (N-methyl/N-ethyl adjacent to an activating group) is 1. The van der Waals surface area contributed by atoms with Crippen molar-refractivity contribution in [3.63, 3.8) is 0 Å². The van der Waals surface area contributed by atoms with Gasteiger partial charge in [-0.3, -0.25) is 0 Å². The van der Waals surface area contributed by atoms with Gasteiger partial charge in [-0.05, 0) is 19.2 Å². The Kier molecular flexibility index (Phi) is 4.56. The van der Waals surface area contributed by atoms with E-state index in [1.165, 1.54) is 6.07 Å². The fraction of sp³-hybridized carbons (Fsp3) is 0.364. The summed E-state index contributed by atoms with van der Waals surface area (Å²) in [6, 6.07) is 3.14. The maximum Gasteiger partial charge on any atom is 0.335 e. The molecule has 94 valence electrons. The summed E-state index contributed by atoms with van der Waals surface area (Å²) >= 11 is 0. The average molecular weight is 243 g/mol. The number of carbonyl (C=O) groups is 1. The maximum absolute atomic E-state index is 13.5. The zero-order valence-electron chi connectivity index (χ0n) is 9.22. The van der Waals surface area contributed by atoms with Gasteiger partial charge in [0, 0.05) is 12.1 Å². The lowest BCUT2D eigenvalue weighted by molar-refractivity contribution is 0.0181. The molecule has 0 aliphatic rings. The Labute approximate surface area is 97.5 Å². The fourth-order valence-electron chi connectivity index (χ4n) is 1.43. The SMILES string of the molecule is CNCC(O)C(O)c1ccc(C(=O)O)cc1F. The number of hydrogen-bond acceptors (Lipinski definition) is 4. The van der Waals surface area contributed by atoms with E-state index < -0.39 is 24.0 Å². The summed E-state index contributed by atoms with van der Waals surface area (Å²) in [5.41, 5.74) is -0.334. The Bertz CT molecular complexity index is 410. The zero-order chi connectivity index (χ0) is 13.0. The van der Waals surface area contributed by atoms with E-state index in [0.717, 1.165) is 12.1 Å². The van der Waals surface area contributed by atoms with Crippen LogP contribution in [-0.4, -0.2) is 41.0 Å². The monoisotopic (exact) mass is 243 g/mol. The van der Waals surface area contributed by atoms with Crippen molar-refractivity contribution in [1.29, 1.82) is 0 Å². The van der Waals surface area contributed by atoms with E-state index in [1.54, 1.807) is 7.05 Å². The van der Waals surface area contributed by atoms with E-state index in [4.69, 9.17) is 5.11 Å². The second-order valence-electron chi connectivity index (χ2n) is 3.61. The molecule has 17 heavy (non-hydrogen) atoms. The van der Waals surface area contributed by atoms with Crippen molar-refractivity contribution < 1.29 is 24.5 Å². The second kappa shape index (κ2) is 5.72. The van der Waals surface area contributed by atoms with Crippen molar-refractivity contribution in [2.45, 2.75) is 12.2 Å². The van der Waals surface area contributed by atoms with Gasteiger partial charge in [-0.15, -0.1) is 0 Å². The summed E-state index contributed by atoms with van der Waals surface area (Å²) in [6.07, 6.45) is -2.56. The van der Waals surface area contributed by atoms with Crippen LogP contribution in [0.25, 0.3) is 0 Å². The highest BCUT2D eigenvalue weighted by molar-refractivity contribution is 5.87. The highest BCUT2D eigenvalue weighted by Gasteiger charge is 2.21. The minimum absolute atomic E-state index is 0.0985. The lowest BCUT2D eigenvalue weighted by Gasteiger charge is -2.18. The Morgan fingerprint density at radius 3 is 2.59 bits per heavy atom. The van der Waals surface area contributed by atoms with Gasteiger partial charge in [-0.25, -0.2) is 9.18 Å². The molecule has 0 saturated heterocycles. The lowest BCUT2D eigenvalue weighted by atomic mass is 10.0. The molecule has 0 spiro atoms. The Morgan fingerprint density at radius 2 is 2.12 bits per heavy atom. The van der Waals surface area contributed by atoms with E-state index in [2.05, 4.69) is 5.32 Å². The van der Waals surface area contributed by atoms with E-state index in [9.17, 15) is 19.4 Å². The Morgan fingerprint density at radius 1 is 1.47 bits per heavy atom. The third kappa shape index (κ3) is 3.23. The third-order valence-corrected chi connectivity index (χ3v) is 2.34. The normalized spacial score (nSPS) is 14.4. The number of aliphatic hydroxyl groups excluding tert-OH is 2. The molecule has 1 aromatic carbocycles. The van der Waals surface area contributed by atoms with Crippen LogP contribution in [0.4, 0.5) is 4.39 Å². The number of hydrogen-bond donors (Lipinski definition) is 4. The van der Waals surface area contributed by atoms with Gasteiger partial charge in [0.05, 0.1) is 11.7 Å². The van der Waals surface area contributed by atoms with Crippen molar-refractivity contribution in [3.8, 4) is 0 Å². The number of rotatable bonds is 5. The average Bonchev–Trinajstić information content (AvgIpc) is 2.28. The van der Waals surface area contributed by atoms with Gasteiger partial charge >= 0.3 is 5.97 Å². The molecule has 0 radical (unpaired) electrons. The van der Waals surface area contributed by atoms with Crippen molar-refractivity contribution in [2.24, 2.45) is 0 Å². The smallest absolute Gasteiger partial charge is 0.335 e. The molecule has 0 amide bonds. The molecular weight excluding hydrogens is 229 g/mol. The first-order valence-electron chi connectivity index (χ1n) is 5.00. The molecule has 0 heterocycles. The van der Waals surface area contributed by atoms with Gasteiger partial charge in [0.1, 0.15) is 11.9 Å². The minimum atomic E-state index is -1.40. The van der Waals surface area contributed by atoms with Crippen molar-refractivity contribution in [2.75, 3.05) is 13.6 Å². The van der Waals surface area contributed by atoms with Crippen LogP contribution in [0.5, 0.6) is 0 Å².